The van der Waals surface area contributed by atoms with Gasteiger partial charge in [-0.05, 0) is 13.0 Å². The lowest BCUT2D eigenvalue weighted by molar-refractivity contribution is -0.129. The van der Waals surface area contributed by atoms with Gasteiger partial charge in [-0.1, -0.05) is 18.2 Å². The fourth-order valence-electron chi connectivity index (χ4n) is 2.88. The van der Waals surface area contributed by atoms with Gasteiger partial charge in [0.25, 0.3) is 0 Å². The number of halogens is 1. The van der Waals surface area contributed by atoms with Gasteiger partial charge >= 0.3 is 0 Å². The fraction of sp³-hybridized carbons (Fsp3) is 0.389. The van der Waals surface area contributed by atoms with E-state index in [2.05, 4.69) is 20.2 Å². The summed E-state index contributed by atoms with van der Waals surface area (Å²) in [4.78, 5) is 24.3. The molecule has 1 amide bonds. The first kappa shape index (κ1) is 17.1. The first-order valence-electron chi connectivity index (χ1n) is 8.36. The van der Waals surface area contributed by atoms with E-state index in [0.717, 1.165) is 18.9 Å². The van der Waals surface area contributed by atoms with Crippen molar-refractivity contribution >= 4 is 17.5 Å². The van der Waals surface area contributed by atoms with Crippen molar-refractivity contribution in [3.05, 3.63) is 47.5 Å². The van der Waals surface area contributed by atoms with Crippen LogP contribution in [0.5, 0.6) is 0 Å². The van der Waals surface area contributed by atoms with Crippen LogP contribution >= 0.6 is 0 Å². The number of nitrogens with one attached hydrogen (secondary N) is 1. The first-order valence-corrected chi connectivity index (χ1v) is 8.36. The first-order chi connectivity index (χ1) is 12.0. The summed E-state index contributed by atoms with van der Waals surface area (Å²) in [6, 6.07) is 8.55. The van der Waals surface area contributed by atoms with Crippen LogP contribution in [-0.2, 0) is 11.3 Å². The molecule has 1 saturated heterocycles. The Hall–Kier alpha value is -2.70. The van der Waals surface area contributed by atoms with Crippen molar-refractivity contribution < 1.29 is 9.18 Å². The van der Waals surface area contributed by atoms with E-state index in [4.69, 9.17) is 0 Å². The SMILES string of the molecule is CC(=O)N1CCN(c2cc(NCc3ccccc3F)nc(C)n2)CC1. The van der Waals surface area contributed by atoms with Crippen molar-refractivity contribution in [1.29, 1.82) is 0 Å². The van der Waals surface area contributed by atoms with Crippen molar-refractivity contribution in [3.8, 4) is 0 Å². The van der Waals surface area contributed by atoms with Crippen molar-refractivity contribution in [2.24, 2.45) is 0 Å². The number of amides is 1. The lowest BCUT2D eigenvalue weighted by atomic mass is 10.2. The van der Waals surface area contributed by atoms with E-state index >= 15 is 0 Å². The smallest absolute Gasteiger partial charge is 0.219 e. The van der Waals surface area contributed by atoms with Crippen molar-refractivity contribution in [2.75, 3.05) is 36.4 Å². The number of aryl methyl sites for hydroxylation is 1. The maximum absolute atomic E-state index is 13.7. The van der Waals surface area contributed by atoms with E-state index < -0.39 is 0 Å². The Bertz CT molecular complexity index is 759. The molecular weight excluding hydrogens is 321 g/mol. The molecule has 25 heavy (non-hydrogen) atoms. The maximum Gasteiger partial charge on any atom is 0.219 e. The highest BCUT2D eigenvalue weighted by Gasteiger charge is 2.20. The number of benzene rings is 1. The van der Waals surface area contributed by atoms with Gasteiger partial charge in [0.15, 0.2) is 0 Å². The van der Waals surface area contributed by atoms with E-state index in [9.17, 15) is 9.18 Å². The number of rotatable bonds is 4. The second kappa shape index (κ2) is 7.46. The lowest BCUT2D eigenvalue weighted by Gasteiger charge is -2.35. The summed E-state index contributed by atoms with van der Waals surface area (Å²) in [5.74, 6) is 2.01. The quantitative estimate of drug-likeness (QED) is 0.922. The molecule has 1 aliphatic heterocycles. The number of hydrogen-bond donors (Lipinski definition) is 1. The summed E-state index contributed by atoms with van der Waals surface area (Å²) in [6.45, 7) is 6.65. The highest BCUT2D eigenvalue weighted by Crippen LogP contribution is 2.19. The second-order valence-electron chi connectivity index (χ2n) is 6.10. The van der Waals surface area contributed by atoms with Gasteiger partial charge in [0.1, 0.15) is 23.3 Å². The molecule has 0 bridgehead atoms. The number of hydrogen-bond acceptors (Lipinski definition) is 5. The molecule has 2 heterocycles. The predicted octanol–water partition coefficient (Wildman–Crippen LogP) is 2.20. The minimum atomic E-state index is -0.235. The molecule has 6 nitrogen and oxygen atoms in total. The predicted molar refractivity (Wildman–Crippen MR) is 95.0 cm³/mol. The maximum atomic E-state index is 13.7. The molecule has 1 aromatic carbocycles. The van der Waals surface area contributed by atoms with Gasteiger partial charge in [-0.15, -0.1) is 0 Å². The summed E-state index contributed by atoms with van der Waals surface area (Å²) >= 11 is 0. The van der Waals surface area contributed by atoms with Gasteiger partial charge in [0.2, 0.25) is 5.91 Å². The van der Waals surface area contributed by atoms with Gasteiger partial charge in [-0.2, -0.15) is 0 Å². The van der Waals surface area contributed by atoms with E-state index in [0.29, 0.717) is 36.8 Å². The summed E-state index contributed by atoms with van der Waals surface area (Å²) in [7, 11) is 0. The number of carbonyl (C=O) groups is 1. The van der Waals surface area contributed by atoms with Crippen molar-refractivity contribution in [2.45, 2.75) is 20.4 Å². The van der Waals surface area contributed by atoms with Crippen LogP contribution in [0.1, 0.15) is 18.3 Å². The van der Waals surface area contributed by atoms with E-state index in [1.54, 1.807) is 19.1 Å². The van der Waals surface area contributed by atoms with Crippen LogP contribution in [-0.4, -0.2) is 47.0 Å². The van der Waals surface area contributed by atoms with Crippen LogP contribution < -0.4 is 10.2 Å². The molecular formula is C18H22FN5O. The van der Waals surface area contributed by atoms with Gasteiger partial charge in [-0.3, -0.25) is 4.79 Å². The molecule has 0 unspecified atom stereocenters. The number of anilines is 2. The standard InChI is InChI=1S/C18H22FN5O/c1-13-21-17(20-12-15-5-3-4-6-16(15)19)11-18(22-13)24-9-7-23(8-10-24)14(2)25/h3-6,11H,7-10,12H2,1-2H3,(H,20,21,22). The van der Waals surface area contributed by atoms with E-state index in [1.165, 1.54) is 6.07 Å². The highest BCUT2D eigenvalue weighted by atomic mass is 19.1. The Morgan fingerprint density at radius 2 is 1.92 bits per heavy atom. The molecule has 1 N–H and O–H groups in total. The number of aromatic nitrogens is 2. The second-order valence-corrected chi connectivity index (χ2v) is 6.10. The van der Waals surface area contributed by atoms with Crippen LogP contribution in [0, 0.1) is 12.7 Å². The van der Waals surface area contributed by atoms with Gasteiger partial charge in [0, 0.05) is 51.3 Å². The summed E-state index contributed by atoms with van der Waals surface area (Å²) < 4.78 is 13.7. The van der Waals surface area contributed by atoms with Gasteiger partial charge in [0.05, 0.1) is 0 Å². The summed E-state index contributed by atoms with van der Waals surface area (Å²) in [5, 5.41) is 3.17. The third-order valence-corrected chi connectivity index (χ3v) is 4.29. The zero-order valence-electron chi connectivity index (χ0n) is 14.5. The molecule has 0 atom stereocenters. The number of nitrogens with zero attached hydrogens (tertiary/aromatic N) is 4. The minimum Gasteiger partial charge on any atom is -0.366 e. The zero-order chi connectivity index (χ0) is 17.8. The fourth-order valence-corrected chi connectivity index (χ4v) is 2.88. The van der Waals surface area contributed by atoms with Crippen LogP contribution in [0.15, 0.2) is 30.3 Å². The molecule has 0 spiro atoms. The third-order valence-electron chi connectivity index (χ3n) is 4.29. The molecule has 1 aliphatic rings. The van der Waals surface area contributed by atoms with Crippen LogP contribution in [0.4, 0.5) is 16.0 Å². The topological polar surface area (TPSA) is 61.4 Å². The summed E-state index contributed by atoms with van der Waals surface area (Å²) in [6.07, 6.45) is 0. The van der Waals surface area contributed by atoms with E-state index in [-0.39, 0.29) is 11.7 Å². The van der Waals surface area contributed by atoms with Crippen LogP contribution in [0.2, 0.25) is 0 Å². The van der Waals surface area contributed by atoms with Crippen molar-refractivity contribution in [1.82, 2.24) is 14.9 Å². The Morgan fingerprint density at radius 1 is 1.20 bits per heavy atom. The van der Waals surface area contributed by atoms with Crippen LogP contribution in [0.25, 0.3) is 0 Å². The average Bonchev–Trinajstić information content (AvgIpc) is 2.60. The Labute approximate surface area is 146 Å². The largest absolute Gasteiger partial charge is 0.366 e. The average molecular weight is 343 g/mol. The Kier molecular flexibility index (Phi) is 5.11. The molecule has 132 valence electrons. The molecule has 0 radical (unpaired) electrons. The van der Waals surface area contributed by atoms with E-state index in [1.807, 2.05) is 24.0 Å². The van der Waals surface area contributed by atoms with Gasteiger partial charge < -0.3 is 15.1 Å². The zero-order valence-corrected chi connectivity index (χ0v) is 14.5. The molecule has 1 fully saturated rings. The molecule has 3 rings (SSSR count). The highest BCUT2D eigenvalue weighted by molar-refractivity contribution is 5.73. The minimum absolute atomic E-state index is 0.103. The van der Waals surface area contributed by atoms with Crippen LogP contribution in [0.3, 0.4) is 0 Å². The molecule has 0 saturated carbocycles. The summed E-state index contributed by atoms with van der Waals surface area (Å²) in [5.41, 5.74) is 0.593. The monoisotopic (exact) mass is 343 g/mol. The lowest BCUT2D eigenvalue weighted by Crippen LogP contribution is -2.48. The molecule has 2 aromatic rings. The molecule has 1 aromatic heterocycles. The molecule has 0 aliphatic carbocycles. The normalized spacial score (nSPS) is 14.5. The number of piperazine rings is 1. The Balaban J connectivity index is 1.69. The number of carbonyl (C=O) groups excluding carboxylic acids is 1. The molecule has 7 heteroatoms. The third kappa shape index (κ3) is 4.23. The van der Waals surface area contributed by atoms with Crippen molar-refractivity contribution in [3.63, 3.8) is 0 Å². The van der Waals surface area contributed by atoms with Gasteiger partial charge in [-0.25, -0.2) is 14.4 Å². The Morgan fingerprint density at radius 3 is 2.60 bits per heavy atom.